The highest BCUT2D eigenvalue weighted by Gasteiger charge is 2.00. The van der Waals surface area contributed by atoms with Crippen molar-refractivity contribution in [3.8, 4) is 0 Å². The van der Waals surface area contributed by atoms with Gasteiger partial charge in [-0.25, -0.2) is 4.98 Å². The summed E-state index contributed by atoms with van der Waals surface area (Å²) in [6, 6.07) is 7.98. The number of benzene rings is 1. The Kier molecular flexibility index (Phi) is 5.10. The number of nitrogens with one attached hydrogen (secondary N) is 1. The zero-order valence-corrected chi connectivity index (χ0v) is 11.9. The fourth-order valence-corrected chi connectivity index (χ4v) is 2.62. The number of thiazole rings is 1. The Morgan fingerprint density at radius 3 is 3.00 bits per heavy atom. The number of amides is 1. The smallest absolute Gasteiger partial charge is 0.244 e. The highest BCUT2D eigenvalue weighted by molar-refractivity contribution is 7.19. The predicted molar refractivity (Wildman–Crippen MR) is 81.2 cm³/mol. The van der Waals surface area contributed by atoms with Gasteiger partial charge in [0.1, 0.15) is 5.01 Å². The van der Waals surface area contributed by atoms with Crippen LogP contribution in [0.15, 0.2) is 30.3 Å². The summed E-state index contributed by atoms with van der Waals surface area (Å²) in [7, 11) is 0. The van der Waals surface area contributed by atoms with Crippen LogP contribution < -0.4 is 5.32 Å². The first kappa shape index (κ1) is 13.7. The van der Waals surface area contributed by atoms with Crippen LogP contribution >= 0.6 is 11.3 Å². The van der Waals surface area contributed by atoms with Crippen LogP contribution in [0.3, 0.4) is 0 Å². The van der Waals surface area contributed by atoms with Crippen molar-refractivity contribution in [2.75, 3.05) is 6.54 Å². The van der Waals surface area contributed by atoms with Gasteiger partial charge in [-0.15, -0.1) is 11.3 Å². The number of rotatable bonds is 6. The molecule has 19 heavy (non-hydrogen) atoms. The second kappa shape index (κ2) is 7.04. The molecule has 2 rings (SSSR count). The summed E-state index contributed by atoms with van der Waals surface area (Å²) in [5.74, 6) is -0.0460. The molecule has 0 bridgehead atoms. The van der Waals surface area contributed by atoms with Gasteiger partial charge in [-0.1, -0.05) is 31.9 Å². The molecule has 0 saturated heterocycles. The van der Waals surface area contributed by atoms with Gasteiger partial charge in [0.05, 0.1) is 10.2 Å². The Morgan fingerprint density at radius 1 is 1.37 bits per heavy atom. The molecule has 0 atom stereocenters. The van der Waals surface area contributed by atoms with E-state index >= 15 is 0 Å². The quantitative estimate of drug-likeness (QED) is 0.646. The molecule has 1 aromatic carbocycles. The van der Waals surface area contributed by atoms with Crippen LogP contribution in [0, 0.1) is 0 Å². The fraction of sp³-hybridized carbons (Fsp3) is 0.333. The average molecular weight is 274 g/mol. The van der Waals surface area contributed by atoms with E-state index in [1.807, 2.05) is 24.3 Å². The Hall–Kier alpha value is -1.68. The molecule has 0 aliphatic carbocycles. The number of para-hydroxylation sites is 1. The SMILES string of the molecule is CCCCCNC(=O)C=Cc1nc2ccccc2s1. The molecular formula is C15H18N2OS. The Morgan fingerprint density at radius 2 is 2.21 bits per heavy atom. The fourth-order valence-electron chi connectivity index (χ4n) is 1.75. The van der Waals surface area contributed by atoms with Crippen LogP contribution in [0.25, 0.3) is 16.3 Å². The van der Waals surface area contributed by atoms with Gasteiger partial charge in [-0.05, 0) is 24.6 Å². The number of nitrogens with zero attached hydrogens (tertiary/aromatic N) is 1. The minimum absolute atomic E-state index is 0.0460. The van der Waals surface area contributed by atoms with E-state index in [-0.39, 0.29) is 5.91 Å². The van der Waals surface area contributed by atoms with Crippen molar-refractivity contribution in [3.05, 3.63) is 35.3 Å². The molecular weight excluding hydrogens is 256 g/mol. The van der Waals surface area contributed by atoms with Gasteiger partial charge in [0.2, 0.25) is 5.91 Å². The second-order valence-electron chi connectivity index (χ2n) is 4.35. The minimum atomic E-state index is -0.0460. The van der Waals surface area contributed by atoms with E-state index in [2.05, 4.69) is 17.2 Å². The number of carbonyl (C=O) groups excluding carboxylic acids is 1. The molecule has 4 heteroatoms. The van der Waals surface area contributed by atoms with Crippen LogP contribution in [-0.2, 0) is 4.79 Å². The van der Waals surface area contributed by atoms with E-state index in [4.69, 9.17) is 0 Å². The minimum Gasteiger partial charge on any atom is -0.353 e. The van der Waals surface area contributed by atoms with Crippen molar-refractivity contribution >= 4 is 33.5 Å². The molecule has 1 N–H and O–H groups in total. The number of aromatic nitrogens is 1. The summed E-state index contributed by atoms with van der Waals surface area (Å²) in [6.07, 6.45) is 6.69. The number of carbonyl (C=O) groups is 1. The molecule has 0 radical (unpaired) electrons. The summed E-state index contributed by atoms with van der Waals surface area (Å²) in [5.41, 5.74) is 0.982. The van der Waals surface area contributed by atoms with Crippen molar-refractivity contribution in [1.82, 2.24) is 10.3 Å². The lowest BCUT2D eigenvalue weighted by molar-refractivity contribution is -0.116. The van der Waals surface area contributed by atoms with E-state index in [1.165, 1.54) is 0 Å². The maximum Gasteiger partial charge on any atom is 0.244 e. The van der Waals surface area contributed by atoms with Crippen LogP contribution in [0.4, 0.5) is 0 Å². The van der Waals surface area contributed by atoms with Crippen LogP contribution in [0.1, 0.15) is 31.2 Å². The van der Waals surface area contributed by atoms with Crippen molar-refractivity contribution in [3.63, 3.8) is 0 Å². The van der Waals surface area contributed by atoms with E-state index in [1.54, 1.807) is 23.5 Å². The molecule has 0 spiro atoms. The van der Waals surface area contributed by atoms with Gasteiger partial charge in [0.15, 0.2) is 0 Å². The topological polar surface area (TPSA) is 42.0 Å². The maximum atomic E-state index is 11.6. The highest BCUT2D eigenvalue weighted by Crippen LogP contribution is 2.22. The van der Waals surface area contributed by atoms with E-state index in [9.17, 15) is 4.79 Å². The zero-order chi connectivity index (χ0) is 13.5. The van der Waals surface area contributed by atoms with Gasteiger partial charge in [-0.2, -0.15) is 0 Å². The molecule has 1 heterocycles. The third-order valence-corrected chi connectivity index (χ3v) is 3.77. The monoisotopic (exact) mass is 274 g/mol. The lowest BCUT2D eigenvalue weighted by Gasteiger charge is -1.99. The van der Waals surface area contributed by atoms with Gasteiger partial charge < -0.3 is 5.32 Å². The summed E-state index contributed by atoms with van der Waals surface area (Å²) < 4.78 is 1.14. The Labute approximate surface area is 117 Å². The second-order valence-corrected chi connectivity index (χ2v) is 5.41. The molecule has 0 aliphatic heterocycles. The molecule has 100 valence electrons. The zero-order valence-electron chi connectivity index (χ0n) is 11.1. The maximum absolute atomic E-state index is 11.6. The third kappa shape index (κ3) is 4.17. The Bertz CT molecular complexity index is 541. The lowest BCUT2D eigenvalue weighted by atomic mass is 10.2. The van der Waals surface area contributed by atoms with E-state index < -0.39 is 0 Å². The third-order valence-electron chi connectivity index (χ3n) is 2.77. The number of fused-ring (bicyclic) bond motifs is 1. The number of hydrogen-bond acceptors (Lipinski definition) is 3. The molecule has 2 aromatic rings. The molecule has 1 amide bonds. The number of hydrogen-bond donors (Lipinski definition) is 1. The summed E-state index contributed by atoms with van der Waals surface area (Å²) >= 11 is 1.59. The molecule has 0 fully saturated rings. The standard InChI is InChI=1S/C15H18N2OS/c1-2-3-6-11-16-14(18)9-10-15-17-12-7-4-5-8-13(12)19-15/h4-5,7-10H,2-3,6,11H2,1H3,(H,16,18). The Balaban J connectivity index is 1.89. The van der Waals surface area contributed by atoms with Crippen molar-refractivity contribution in [2.45, 2.75) is 26.2 Å². The first-order chi connectivity index (χ1) is 9.29. The summed E-state index contributed by atoms with van der Waals surface area (Å²) in [4.78, 5) is 16.0. The van der Waals surface area contributed by atoms with Crippen LogP contribution in [-0.4, -0.2) is 17.4 Å². The average Bonchev–Trinajstić information content (AvgIpc) is 2.84. The van der Waals surface area contributed by atoms with Gasteiger partial charge in [-0.3, -0.25) is 4.79 Å². The first-order valence-electron chi connectivity index (χ1n) is 6.61. The first-order valence-corrected chi connectivity index (χ1v) is 7.42. The molecule has 0 saturated carbocycles. The largest absolute Gasteiger partial charge is 0.353 e. The van der Waals surface area contributed by atoms with Gasteiger partial charge in [0.25, 0.3) is 0 Å². The molecule has 3 nitrogen and oxygen atoms in total. The lowest BCUT2D eigenvalue weighted by Crippen LogP contribution is -2.21. The normalized spacial score (nSPS) is 11.2. The predicted octanol–water partition coefficient (Wildman–Crippen LogP) is 3.62. The van der Waals surface area contributed by atoms with E-state index in [0.29, 0.717) is 0 Å². The van der Waals surface area contributed by atoms with Crippen molar-refractivity contribution in [2.24, 2.45) is 0 Å². The van der Waals surface area contributed by atoms with Crippen molar-refractivity contribution in [1.29, 1.82) is 0 Å². The highest BCUT2D eigenvalue weighted by atomic mass is 32.1. The van der Waals surface area contributed by atoms with Crippen LogP contribution in [0.2, 0.25) is 0 Å². The van der Waals surface area contributed by atoms with E-state index in [0.717, 1.165) is 41.0 Å². The van der Waals surface area contributed by atoms with Crippen LogP contribution in [0.5, 0.6) is 0 Å². The summed E-state index contributed by atoms with van der Waals surface area (Å²) in [5, 5.41) is 3.74. The number of unbranched alkanes of at least 4 members (excludes halogenated alkanes) is 2. The molecule has 0 unspecified atom stereocenters. The molecule has 0 aliphatic rings. The summed E-state index contributed by atoms with van der Waals surface area (Å²) in [6.45, 7) is 2.89. The van der Waals surface area contributed by atoms with Gasteiger partial charge in [0, 0.05) is 12.6 Å². The van der Waals surface area contributed by atoms with Gasteiger partial charge >= 0.3 is 0 Å². The molecule has 1 aromatic heterocycles. The van der Waals surface area contributed by atoms with Crippen molar-refractivity contribution < 1.29 is 4.79 Å².